The highest BCUT2D eigenvalue weighted by molar-refractivity contribution is 6.30. The Labute approximate surface area is 166 Å². The van der Waals surface area contributed by atoms with E-state index in [0.717, 1.165) is 0 Å². The maximum atomic E-state index is 14.1. The number of rotatable bonds is 6. The number of carbonyl (C=O) groups is 1. The predicted molar refractivity (Wildman–Crippen MR) is 89.6 cm³/mol. The largest absolute Gasteiger partial charge is 0.460 e. The summed E-state index contributed by atoms with van der Waals surface area (Å²) in [6.45, 7) is 1.36. The van der Waals surface area contributed by atoms with E-state index in [1.54, 1.807) is 0 Å². The zero-order valence-electron chi connectivity index (χ0n) is 15.5. The maximum Gasteiger partial charge on any atom is 0.426 e. The Bertz CT molecular complexity index is 823. The van der Waals surface area contributed by atoms with Crippen LogP contribution in [0.25, 0.3) is 0 Å². The van der Waals surface area contributed by atoms with E-state index in [1.165, 1.54) is 20.9 Å². The van der Waals surface area contributed by atoms with E-state index >= 15 is 0 Å². The Morgan fingerprint density at radius 3 is 2.03 bits per heavy atom. The number of hydrogen-bond donors (Lipinski definition) is 1. The van der Waals surface area contributed by atoms with E-state index in [0.29, 0.717) is 6.08 Å². The lowest BCUT2D eigenvalue weighted by Gasteiger charge is -2.12. The number of hydrogen-bond acceptors (Lipinski definition) is 3. The molecular formula is C18H17ClF7NO2. The second-order valence-electron chi connectivity index (χ2n) is 7.19. The van der Waals surface area contributed by atoms with Crippen LogP contribution in [0.5, 0.6) is 0 Å². The number of allylic oxidation sites excluding steroid dienone is 2. The normalized spacial score (nSPS) is 21.3. The van der Waals surface area contributed by atoms with Crippen molar-refractivity contribution in [1.82, 2.24) is 5.32 Å². The predicted octanol–water partition coefficient (Wildman–Crippen LogP) is 4.96. The minimum absolute atomic E-state index is 0.476. The molecule has 1 aromatic carbocycles. The molecule has 0 spiro atoms. The summed E-state index contributed by atoms with van der Waals surface area (Å²) in [7, 11) is 1.32. The lowest BCUT2D eigenvalue weighted by atomic mass is 10.1. The topological polar surface area (TPSA) is 38.3 Å². The van der Waals surface area contributed by atoms with Crippen molar-refractivity contribution in [1.29, 1.82) is 0 Å². The third-order valence-electron chi connectivity index (χ3n) is 4.92. The molecule has 1 aliphatic carbocycles. The molecular weight excluding hydrogens is 431 g/mol. The Balaban J connectivity index is 2.18. The van der Waals surface area contributed by atoms with Crippen molar-refractivity contribution in [3.63, 3.8) is 0 Å². The van der Waals surface area contributed by atoms with Gasteiger partial charge < -0.3 is 10.1 Å². The van der Waals surface area contributed by atoms with Crippen LogP contribution in [-0.4, -0.2) is 19.2 Å². The summed E-state index contributed by atoms with van der Waals surface area (Å²) in [6.07, 6.45) is -4.12. The smallest absolute Gasteiger partial charge is 0.426 e. The fraction of sp³-hybridized carbons (Fsp3) is 0.500. The van der Waals surface area contributed by atoms with E-state index in [2.05, 4.69) is 5.32 Å². The van der Waals surface area contributed by atoms with Gasteiger partial charge in [0.25, 0.3) is 0 Å². The first-order valence-electron chi connectivity index (χ1n) is 8.34. The van der Waals surface area contributed by atoms with E-state index in [4.69, 9.17) is 16.3 Å². The minimum atomic E-state index is -4.79. The van der Waals surface area contributed by atoms with Crippen LogP contribution in [0.4, 0.5) is 30.7 Å². The zero-order chi connectivity index (χ0) is 22.3. The highest BCUT2D eigenvalue weighted by Gasteiger charge is 2.62. The SMILES string of the molecule is CNCc1c(F)c(F)c(COC(=O)C2C(C=C(Cl)C(F)(F)F)C2(C)C)c(F)c1F. The summed E-state index contributed by atoms with van der Waals surface area (Å²) in [6, 6.07) is 0. The second-order valence-corrected chi connectivity index (χ2v) is 7.60. The van der Waals surface area contributed by atoms with Gasteiger partial charge in [-0.15, -0.1) is 0 Å². The molecule has 0 amide bonds. The number of esters is 1. The van der Waals surface area contributed by atoms with E-state index in [9.17, 15) is 35.5 Å². The van der Waals surface area contributed by atoms with Gasteiger partial charge >= 0.3 is 12.1 Å². The highest BCUT2D eigenvalue weighted by Crippen LogP contribution is 2.60. The monoisotopic (exact) mass is 447 g/mol. The minimum Gasteiger partial charge on any atom is -0.460 e. The third-order valence-corrected chi connectivity index (χ3v) is 5.26. The lowest BCUT2D eigenvalue weighted by Crippen LogP contribution is -2.17. The molecule has 3 nitrogen and oxygen atoms in total. The van der Waals surface area contributed by atoms with Crippen molar-refractivity contribution >= 4 is 17.6 Å². The average molecular weight is 448 g/mol. The first kappa shape index (κ1) is 23.5. The molecule has 1 N–H and O–H groups in total. The second kappa shape index (κ2) is 8.14. The molecule has 0 saturated heterocycles. The van der Waals surface area contributed by atoms with Gasteiger partial charge in [0.2, 0.25) is 0 Å². The standard InChI is InChI=1S/C18H17ClF7NO2/c1-17(2)9(4-10(19)18(24,25)26)11(17)16(28)29-6-8-14(22)12(20)7(5-27-3)13(21)15(8)23/h4,9,11,27H,5-6H2,1-3H3. The van der Waals surface area contributed by atoms with Crippen LogP contribution in [-0.2, 0) is 22.7 Å². The molecule has 2 unspecified atom stereocenters. The number of alkyl halides is 3. The molecule has 1 aliphatic rings. The van der Waals surface area contributed by atoms with Gasteiger partial charge in [0.15, 0.2) is 23.3 Å². The van der Waals surface area contributed by atoms with Crippen molar-refractivity contribution in [3.8, 4) is 0 Å². The first-order chi connectivity index (χ1) is 13.2. The average Bonchev–Trinajstić information content (AvgIpc) is 3.16. The van der Waals surface area contributed by atoms with Crippen LogP contribution in [0.15, 0.2) is 11.1 Å². The molecule has 29 heavy (non-hydrogen) atoms. The van der Waals surface area contributed by atoms with Crippen LogP contribution < -0.4 is 5.32 Å². The van der Waals surface area contributed by atoms with Crippen LogP contribution in [0.2, 0.25) is 0 Å². The van der Waals surface area contributed by atoms with Crippen LogP contribution >= 0.6 is 11.6 Å². The molecule has 2 atom stereocenters. The number of halogens is 8. The molecule has 11 heteroatoms. The van der Waals surface area contributed by atoms with Gasteiger partial charge in [-0.05, 0) is 18.4 Å². The molecule has 1 aromatic rings. The van der Waals surface area contributed by atoms with Gasteiger partial charge in [0, 0.05) is 12.1 Å². The summed E-state index contributed by atoms with van der Waals surface area (Å²) in [4.78, 5) is 12.2. The zero-order valence-corrected chi connectivity index (χ0v) is 16.2. The van der Waals surface area contributed by atoms with E-state index in [-0.39, 0.29) is 0 Å². The molecule has 1 saturated carbocycles. The molecule has 0 bridgehead atoms. The Morgan fingerprint density at radius 1 is 1.10 bits per heavy atom. The van der Waals surface area contributed by atoms with Gasteiger partial charge in [-0.1, -0.05) is 31.5 Å². The Kier molecular flexibility index (Phi) is 6.59. The quantitative estimate of drug-likeness (QED) is 0.380. The van der Waals surface area contributed by atoms with Crippen LogP contribution in [0.1, 0.15) is 25.0 Å². The van der Waals surface area contributed by atoms with Gasteiger partial charge in [0.05, 0.1) is 11.5 Å². The molecule has 1 fully saturated rings. The maximum absolute atomic E-state index is 14.1. The fourth-order valence-corrected chi connectivity index (χ4v) is 3.24. The van der Waals surface area contributed by atoms with Gasteiger partial charge in [-0.25, -0.2) is 17.6 Å². The number of ether oxygens (including phenoxy) is 1. The van der Waals surface area contributed by atoms with Crippen molar-refractivity contribution in [3.05, 3.63) is 45.5 Å². The molecule has 162 valence electrons. The Morgan fingerprint density at radius 2 is 1.59 bits per heavy atom. The number of carbonyl (C=O) groups excluding carboxylic acids is 1. The molecule has 0 aliphatic heterocycles. The van der Waals surface area contributed by atoms with Gasteiger partial charge in [-0.3, -0.25) is 4.79 Å². The van der Waals surface area contributed by atoms with Crippen LogP contribution in [0.3, 0.4) is 0 Å². The summed E-state index contributed by atoms with van der Waals surface area (Å²) < 4.78 is 98.4. The summed E-state index contributed by atoms with van der Waals surface area (Å²) in [5.41, 5.74) is -2.94. The third kappa shape index (κ3) is 4.53. The lowest BCUT2D eigenvalue weighted by molar-refractivity contribution is -0.147. The van der Waals surface area contributed by atoms with Crippen molar-refractivity contribution in [2.75, 3.05) is 7.05 Å². The molecule has 0 aromatic heterocycles. The number of benzene rings is 1. The molecule has 0 heterocycles. The molecule has 2 rings (SSSR count). The summed E-state index contributed by atoms with van der Waals surface area (Å²) in [5, 5.41) is 0.948. The van der Waals surface area contributed by atoms with E-state index < -0.39 is 82.0 Å². The fourth-order valence-electron chi connectivity index (χ4n) is 3.11. The van der Waals surface area contributed by atoms with E-state index in [1.807, 2.05) is 0 Å². The first-order valence-corrected chi connectivity index (χ1v) is 8.72. The van der Waals surface area contributed by atoms with Crippen molar-refractivity contribution in [2.24, 2.45) is 17.3 Å². The van der Waals surface area contributed by atoms with Gasteiger partial charge in [-0.2, -0.15) is 13.2 Å². The van der Waals surface area contributed by atoms with Crippen molar-refractivity contribution < 1.29 is 40.3 Å². The number of nitrogens with one attached hydrogen (secondary N) is 1. The summed E-state index contributed by atoms with van der Waals surface area (Å²) >= 11 is 5.18. The Hall–Kier alpha value is -1.81. The molecule has 0 radical (unpaired) electrons. The van der Waals surface area contributed by atoms with Crippen LogP contribution in [0, 0.1) is 40.5 Å². The summed E-state index contributed by atoms with van der Waals surface area (Å²) in [5.74, 6) is -9.75. The van der Waals surface area contributed by atoms with Gasteiger partial charge in [0.1, 0.15) is 11.6 Å². The highest BCUT2D eigenvalue weighted by atomic mass is 35.5. The van der Waals surface area contributed by atoms with Crippen molar-refractivity contribution in [2.45, 2.75) is 33.2 Å².